The van der Waals surface area contributed by atoms with Gasteiger partial charge in [-0.05, 0) is 18.8 Å². The first kappa shape index (κ1) is 12.6. The van der Waals surface area contributed by atoms with Crippen molar-refractivity contribution in [3.05, 3.63) is 18.0 Å². The largest absolute Gasteiger partial charge is 0.365 e. The third-order valence-corrected chi connectivity index (χ3v) is 4.78. The second-order valence-electron chi connectivity index (χ2n) is 4.65. The Bertz CT molecular complexity index is 434. The van der Waals surface area contributed by atoms with Crippen molar-refractivity contribution in [3.8, 4) is 0 Å². The monoisotopic (exact) mass is 259 g/mol. The lowest BCUT2D eigenvalue weighted by Gasteiger charge is -2.27. The van der Waals surface area contributed by atoms with Crippen LogP contribution in [0.2, 0.25) is 0 Å². The summed E-state index contributed by atoms with van der Waals surface area (Å²) < 4.78 is 36.9. The van der Waals surface area contributed by atoms with Gasteiger partial charge in [-0.25, -0.2) is 0 Å². The molecule has 1 aliphatic carbocycles. The molecule has 17 heavy (non-hydrogen) atoms. The molecule has 96 valence electrons. The molecule has 0 amide bonds. The molecular formula is C11H17NO4S. The second kappa shape index (κ2) is 5.18. The molecule has 5 nitrogen and oxygen atoms in total. The van der Waals surface area contributed by atoms with E-state index in [0.29, 0.717) is 5.69 Å². The smallest absolute Gasteiger partial charge is 0.268 e. The molecule has 1 aliphatic rings. The number of hydrogen-bond acceptors (Lipinski definition) is 4. The number of nitrogens with zero attached hydrogens (tertiary/aromatic N) is 1. The average Bonchev–Trinajstić information content (AvgIpc) is 2.78. The van der Waals surface area contributed by atoms with Gasteiger partial charge >= 0.3 is 0 Å². The lowest BCUT2D eigenvalue weighted by Crippen LogP contribution is -2.33. The van der Waals surface area contributed by atoms with E-state index in [1.54, 1.807) is 6.07 Å². The van der Waals surface area contributed by atoms with Crippen molar-refractivity contribution < 1.29 is 17.5 Å². The van der Waals surface area contributed by atoms with Gasteiger partial charge in [0.2, 0.25) is 0 Å². The average molecular weight is 259 g/mol. The highest BCUT2D eigenvalue weighted by Crippen LogP contribution is 2.31. The minimum absolute atomic E-state index is 0.0375. The maximum atomic E-state index is 11.5. The Hall–Kier alpha value is -0.880. The van der Waals surface area contributed by atoms with Crippen LogP contribution in [0.4, 0.5) is 0 Å². The van der Waals surface area contributed by atoms with Crippen LogP contribution in [0, 0.1) is 5.92 Å². The SMILES string of the molecule is O=S(=O)(O)C(Cc1ccon1)C1CCCCC1. The molecule has 0 radical (unpaired) electrons. The van der Waals surface area contributed by atoms with E-state index in [0.717, 1.165) is 32.1 Å². The van der Waals surface area contributed by atoms with Gasteiger partial charge < -0.3 is 4.52 Å². The zero-order valence-corrected chi connectivity index (χ0v) is 10.4. The molecule has 0 aliphatic heterocycles. The third kappa shape index (κ3) is 3.29. The highest BCUT2D eigenvalue weighted by atomic mass is 32.2. The highest BCUT2D eigenvalue weighted by Gasteiger charge is 2.33. The summed E-state index contributed by atoms with van der Waals surface area (Å²) in [4.78, 5) is 0. The lowest BCUT2D eigenvalue weighted by atomic mass is 9.85. The molecule has 0 saturated heterocycles. The summed E-state index contributed by atoms with van der Waals surface area (Å²) in [6, 6.07) is 1.64. The molecule has 0 bridgehead atoms. The van der Waals surface area contributed by atoms with E-state index in [4.69, 9.17) is 0 Å². The van der Waals surface area contributed by atoms with E-state index in [1.165, 1.54) is 6.26 Å². The molecular weight excluding hydrogens is 242 g/mol. The molecule has 1 saturated carbocycles. The molecule has 2 rings (SSSR count). The van der Waals surface area contributed by atoms with Gasteiger partial charge in [-0.1, -0.05) is 24.4 Å². The summed E-state index contributed by atoms with van der Waals surface area (Å²) >= 11 is 0. The van der Waals surface area contributed by atoms with E-state index in [-0.39, 0.29) is 12.3 Å². The van der Waals surface area contributed by atoms with Crippen molar-refractivity contribution >= 4 is 10.1 Å². The molecule has 1 aromatic heterocycles. The van der Waals surface area contributed by atoms with Crippen LogP contribution in [-0.2, 0) is 16.5 Å². The van der Waals surface area contributed by atoms with Crippen LogP contribution in [-0.4, -0.2) is 23.4 Å². The maximum Gasteiger partial charge on any atom is 0.268 e. The highest BCUT2D eigenvalue weighted by molar-refractivity contribution is 7.86. The first-order valence-electron chi connectivity index (χ1n) is 5.93. The number of hydrogen-bond donors (Lipinski definition) is 1. The predicted molar refractivity (Wildman–Crippen MR) is 62.1 cm³/mol. The van der Waals surface area contributed by atoms with Gasteiger partial charge in [0, 0.05) is 12.5 Å². The van der Waals surface area contributed by atoms with Gasteiger partial charge in [0.05, 0.1) is 10.9 Å². The van der Waals surface area contributed by atoms with Gasteiger partial charge in [0.1, 0.15) is 6.26 Å². The molecule has 0 aromatic carbocycles. The summed E-state index contributed by atoms with van der Waals surface area (Å²) in [6.07, 6.45) is 6.60. The van der Waals surface area contributed by atoms with Gasteiger partial charge in [0.15, 0.2) is 0 Å². The first-order chi connectivity index (χ1) is 8.07. The fourth-order valence-corrected chi connectivity index (χ4v) is 3.71. The maximum absolute atomic E-state index is 11.5. The Labute approximate surface area is 101 Å². The van der Waals surface area contributed by atoms with Crippen LogP contribution in [0.15, 0.2) is 16.9 Å². The van der Waals surface area contributed by atoms with Crippen molar-refractivity contribution in [3.63, 3.8) is 0 Å². The molecule has 1 aromatic rings. The van der Waals surface area contributed by atoms with Crippen LogP contribution in [0.1, 0.15) is 37.8 Å². The molecule has 1 heterocycles. The minimum atomic E-state index is -4.02. The molecule has 0 spiro atoms. The standard InChI is InChI=1S/C11H17NO4S/c13-17(14,15)11(8-10-6-7-16-12-10)9-4-2-1-3-5-9/h6-7,9,11H,1-5,8H2,(H,13,14,15). The first-order valence-corrected chi connectivity index (χ1v) is 7.43. The summed E-state index contributed by atoms with van der Waals surface area (Å²) in [7, 11) is -4.02. The normalized spacial score (nSPS) is 20.3. The Balaban J connectivity index is 2.13. The minimum Gasteiger partial charge on any atom is -0.365 e. The number of rotatable bonds is 4. The summed E-state index contributed by atoms with van der Waals surface area (Å²) in [5, 5.41) is 2.97. The zero-order chi connectivity index (χ0) is 12.3. The quantitative estimate of drug-likeness (QED) is 0.837. The van der Waals surface area contributed by atoms with Crippen LogP contribution in [0.5, 0.6) is 0 Å². The fourth-order valence-electron chi connectivity index (χ4n) is 2.57. The van der Waals surface area contributed by atoms with E-state index in [9.17, 15) is 13.0 Å². The van der Waals surface area contributed by atoms with Crippen LogP contribution in [0.25, 0.3) is 0 Å². The Morgan fingerprint density at radius 1 is 1.41 bits per heavy atom. The third-order valence-electron chi connectivity index (χ3n) is 3.46. The van der Waals surface area contributed by atoms with Gasteiger partial charge in [0.25, 0.3) is 10.1 Å². The fraction of sp³-hybridized carbons (Fsp3) is 0.727. The summed E-state index contributed by atoms with van der Waals surface area (Å²) in [5.41, 5.74) is 0.582. The Morgan fingerprint density at radius 2 is 2.12 bits per heavy atom. The Kier molecular flexibility index (Phi) is 3.83. The molecule has 6 heteroatoms. The predicted octanol–water partition coefficient (Wildman–Crippen LogP) is 2.05. The molecule has 1 atom stereocenters. The van der Waals surface area contributed by atoms with Gasteiger partial charge in [-0.15, -0.1) is 0 Å². The molecule has 1 fully saturated rings. The van der Waals surface area contributed by atoms with Crippen LogP contribution >= 0.6 is 0 Å². The van der Waals surface area contributed by atoms with E-state index in [2.05, 4.69) is 9.68 Å². The topological polar surface area (TPSA) is 80.4 Å². The summed E-state index contributed by atoms with van der Waals surface area (Å²) in [5.74, 6) is 0.0375. The van der Waals surface area contributed by atoms with E-state index >= 15 is 0 Å². The van der Waals surface area contributed by atoms with Gasteiger partial charge in [-0.3, -0.25) is 4.55 Å². The second-order valence-corrected chi connectivity index (χ2v) is 6.28. The van der Waals surface area contributed by atoms with E-state index in [1.807, 2.05) is 0 Å². The molecule has 1 unspecified atom stereocenters. The van der Waals surface area contributed by atoms with Crippen molar-refractivity contribution in [1.29, 1.82) is 0 Å². The van der Waals surface area contributed by atoms with E-state index < -0.39 is 15.4 Å². The van der Waals surface area contributed by atoms with Crippen molar-refractivity contribution in [1.82, 2.24) is 5.16 Å². The Morgan fingerprint density at radius 3 is 2.65 bits per heavy atom. The molecule has 1 N–H and O–H groups in total. The van der Waals surface area contributed by atoms with Crippen LogP contribution in [0.3, 0.4) is 0 Å². The lowest BCUT2D eigenvalue weighted by molar-refractivity contribution is 0.321. The zero-order valence-electron chi connectivity index (χ0n) is 9.58. The van der Waals surface area contributed by atoms with Crippen molar-refractivity contribution in [2.24, 2.45) is 5.92 Å². The van der Waals surface area contributed by atoms with Crippen molar-refractivity contribution in [2.45, 2.75) is 43.8 Å². The van der Waals surface area contributed by atoms with Crippen LogP contribution < -0.4 is 0 Å². The van der Waals surface area contributed by atoms with Crippen molar-refractivity contribution in [2.75, 3.05) is 0 Å². The number of aromatic nitrogens is 1. The van der Waals surface area contributed by atoms with Gasteiger partial charge in [-0.2, -0.15) is 8.42 Å². The summed E-state index contributed by atoms with van der Waals surface area (Å²) in [6.45, 7) is 0.